The number of rotatable bonds is 15. The molecule has 31 heavy (non-hydrogen) atoms. The number of nitrogens with two attached hydrogens (primary N) is 2. The molecule has 2 aromatic rings. The van der Waals surface area contributed by atoms with Gasteiger partial charge in [0.1, 0.15) is 17.4 Å². The largest absolute Gasteiger partial charge is 0.494 e. The molecule has 170 valence electrons. The smallest absolute Gasteiger partial charge is 0.122 e. The van der Waals surface area contributed by atoms with E-state index >= 15 is 0 Å². The van der Waals surface area contributed by atoms with Crippen molar-refractivity contribution in [2.45, 2.75) is 12.8 Å². The van der Waals surface area contributed by atoms with Gasteiger partial charge >= 0.3 is 0 Å². The SMILES string of the molecule is Cl.N=C(N)c1ccc(NCCCNCCNCCCOc2ccc(C(=N)N)cc2)cc1. The minimum absolute atomic E-state index is 0. The van der Waals surface area contributed by atoms with Crippen LogP contribution in [0, 0.1) is 10.8 Å². The van der Waals surface area contributed by atoms with Crippen LogP contribution in [0.2, 0.25) is 0 Å². The molecule has 9 N–H and O–H groups in total. The third-order valence-corrected chi connectivity index (χ3v) is 4.47. The number of nitrogens with one attached hydrogen (secondary N) is 5. The quantitative estimate of drug-likeness (QED) is 0.126. The van der Waals surface area contributed by atoms with Crippen LogP contribution in [0.4, 0.5) is 5.69 Å². The van der Waals surface area contributed by atoms with Gasteiger partial charge in [0.05, 0.1) is 6.61 Å². The zero-order chi connectivity index (χ0) is 21.6. The molecule has 0 saturated heterocycles. The highest BCUT2D eigenvalue weighted by atomic mass is 35.5. The maximum Gasteiger partial charge on any atom is 0.122 e. The Morgan fingerprint density at radius 3 is 1.77 bits per heavy atom. The summed E-state index contributed by atoms with van der Waals surface area (Å²) in [7, 11) is 0. The van der Waals surface area contributed by atoms with Gasteiger partial charge in [0.2, 0.25) is 0 Å². The molecular weight excluding hydrogens is 414 g/mol. The van der Waals surface area contributed by atoms with E-state index in [0.29, 0.717) is 12.2 Å². The third-order valence-electron chi connectivity index (χ3n) is 4.47. The first-order valence-corrected chi connectivity index (χ1v) is 10.2. The van der Waals surface area contributed by atoms with Crippen LogP contribution in [0.5, 0.6) is 5.75 Å². The molecule has 0 bridgehead atoms. The maximum absolute atomic E-state index is 7.38. The normalized spacial score (nSPS) is 10.2. The van der Waals surface area contributed by atoms with E-state index in [4.69, 9.17) is 27.0 Å². The monoisotopic (exact) mass is 447 g/mol. The van der Waals surface area contributed by atoms with Crippen LogP contribution in [0.1, 0.15) is 24.0 Å². The molecule has 0 fully saturated rings. The van der Waals surface area contributed by atoms with Crippen molar-refractivity contribution in [1.29, 1.82) is 10.8 Å². The number of hydrogen-bond acceptors (Lipinski definition) is 6. The summed E-state index contributed by atoms with van der Waals surface area (Å²) in [6.07, 6.45) is 1.96. The van der Waals surface area contributed by atoms with E-state index in [0.717, 1.165) is 62.6 Å². The fourth-order valence-electron chi connectivity index (χ4n) is 2.76. The van der Waals surface area contributed by atoms with Gasteiger partial charge < -0.3 is 32.2 Å². The van der Waals surface area contributed by atoms with Gasteiger partial charge in [0, 0.05) is 36.4 Å². The Hall–Kier alpha value is -2.81. The Morgan fingerprint density at radius 1 is 0.710 bits per heavy atom. The van der Waals surface area contributed by atoms with Gasteiger partial charge in [-0.25, -0.2) is 0 Å². The van der Waals surface area contributed by atoms with Crippen LogP contribution < -0.4 is 32.2 Å². The van der Waals surface area contributed by atoms with Gasteiger partial charge in [-0.05, 0) is 74.5 Å². The summed E-state index contributed by atoms with van der Waals surface area (Å²) in [5.74, 6) is 0.952. The number of ether oxygens (including phenoxy) is 1. The second kappa shape index (κ2) is 15.1. The van der Waals surface area contributed by atoms with Gasteiger partial charge in [0.25, 0.3) is 0 Å². The predicted octanol–water partition coefficient (Wildman–Crippen LogP) is 2.13. The number of anilines is 1. The van der Waals surface area contributed by atoms with Crippen molar-refractivity contribution >= 4 is 29.8 Å². The summed E-state index contributed by atoms with van der Waals surface area (Å²) >= 11 is 0. The lowest BCUT2D eigenvalue weighted by Crippen LogP contribution is -2.29. The minimum atomic E-state index is 0. The van der Waals surface area contributed by atoms with Crippen molar-refractivity contribution in [2.24, 2.45) is 11.5 Å². The number of hydrogen-bond donors (Lipinski definition) is 7. The maximum atomic E-state index is 7.38. The standard InChI is InChI=1S/C22H33N7O.ClH/c23-21(24)17-3-7-19(8-4-17)29-13-1-11-27-14-15-28-12-2-16-30-20-9-5-18(6-10-20)22(25)26;/h3-10,27-29H,1-2,11-16H2,(H3,23,24)(H3,25,26);1H. The lowest BCUT2D eigenvalue weighted by molar-refractivity contribution is 0.308. The highest BCUT2D eigenvalue weighted by molar-refractivity contribution is 5.95. The molecule has 2 rings (SSSR count). The number of halogens is 1. The average molecular weight is 448 g/mol. The molecule has 0 radical (unpaired) electrons. The topological polar surface area (TPSA) is 145 Å². The average Bonchev–Trinajstić information content (AvgIpc) is 2.75. The lowest BCUT2D eigenvalue weighted by Gasteiger charge is -2.09. The summed E-state index contributed by atoms with van der Waals surface area (Å²) in [6.45, 7) is 5.27. The molecule has 0 spiro atoms. The molecule has 0 aliphatic rings. The summed E-state index contributed by atoms with van der Waals surface area (Å²) in [4.78, 5) is 0. The fourth-order valence-corrected chi connectivity index (χ4v) is 2.76. The van der Waals surface area contributed by atoms with Gasteiger partial charge in [-0.1, -0.05) is 0 Å². The van der Waals surface area contributed by atoms with E-state index in [2.05, 4.69) is 16.0 Å². The van der Waals surface area contributed by atoms with Crippen molar-refractivity contribution in [1.82, 2.24) is 10.6 Å². The molecule has 0 atom stereocenters. The molecule has 0 heterocycles. The van der Waals surface area contributed by atoms with Crippen molar-refractivity contribution in [2.75, 3.05) is 44.6 Å². The number of nitrogen functional groups attached to an aromatic ring is 2. The second-order valence-electron chi connectivity index (χ2n) is 6.91. The van der Waals surface area contributed by atoms with E-state index in [-0.39, 0.29) is 24.1 Å². The fraction of sp³-hybridized carbons (Fsp3) is 0.364. The van der Waals surface area contributed by atoms with E-state index in [1.807, 2.05) is 36.4 Å². The molecule has 2 aromatic carbocycles. The Morgan fingerprint density at radius 2 is 1.23 bits per heavy atom. The van der Waals surface area contributed by atoms with Crippen molar-refractivity contribution in [3.63, 3.8) is 0 Å². The van der Waals surface area contributed by atoms with E-state index in [1.54, 1.807) is 12.1 Å². The van der Waals surface area contributed by atoms with Crippen LogP contribution in [-0.4, -0.2) is 51.0 Å². The molecular formula is C22H34ClN7O. The van der Waals surface area contributed by atoms with Gasteiger partial charge in [-0.2, -0.15) is 0 Å². The zero-order valence-electron chi connectivity index (χ0n) is 17.7. The molecule has 0 unspecified atom stereocenters. The molecule has 0 amide bonds. The summed E-state index contributed by atoms with van der Waals surface area (Å²) in [5.41, 5.74) is 13.4. The van der Waals surface area contributed by atoms with Crippen LogP contribution in [0.3, 0.4) is 0 Å². The molecule has 8 nitrogen and oxygen atoms in total. The zero-order valence-corrected chi connectivity index (χ0v) is 18.6. The van der Waals surface area contributed by atoms with Crippen LogP contribution in [-0.2, 0) is 0 Å². The minimum Gasteiger partial charge on any atom is -0.494 e. The predicted molar refractivity (Wildman–Crippen MR) is 131 cm³/mol. The van der Waals surface area contributed by atoms with Crippen molar-refractivity contribution in [3.8, 4) is 5.75 Å². The van der Waals surface area contributed by atoms with Gasteiger partial charge in [0.15, 0.2) is 0 Å². The lowest BCUT2D eigenvalue weighted by atomic mass is 10.2. The Labute approximate surface area is 190 Å². The molecule has 0 saturated carbocycles. The summed E-state index contributed by atoms with van der Waals surface area (Å²) in [6, 6.07) is 14.8. The highest BCUT2D eigenvalue weighted by Crippen LogP contribution is 2.12. The Bertz CT molecular complexity index is 714. The van der Waals surface area contributed by atoms with Crippen LogP contribution in [0.25, 0.3) is 0 Å². The first-order chi connectivity index (χ1) is 14.6. The summed E-state index contributed by atoms with van der Waals surface area (Å²) in [5, 5.41) is 24.9. The Kier molecular flexibility index (Phi) is 12.7. The Balaban J connectivity index is 0.00000480. The number of amidine groups is 2. The first-order valence-electron chi connectivity index (χ1n) is 10.2. The van der Waals surface area contributed by atoms with E-state index < -0.39 is 0 Å². The van der Waals surface area contributed by atoms with Gasteiger partial charge in [-0.15, -0.1) is 12.4 Å². The van der Waals surface area contributed by atoms with E-state index in [9.17, 15) is 0 Å². The summed E-state index contributed by atoms with van der Waals surface area (Å²) < 4.78 is 5.68. The van der Waals surface area contributed by atoms with E-state index in [1.165, 1.54) is 0 Å². The molecule has 9 heteroatoms. The number of benzene rings is 2. The molecule has 0 aliphatic carbocycles. The highest BCUT2D eigenvalue weighted by Gasteiger charge is 1.98. The molecule has 0 aromatic heterocycles. The third kappa shape index (κ3) is 10.7. The second-order valence-corrected chi connectivity index (χ2v) is 6.91. The van der Waals surface area contributed by atoms with Crippen LogP contribution in [0.15, 0.2) is 48.5 Å². The van der Waals surface area contributed by atoms with Crippen molar-refractivity contribution in [3.05, 3.63) is 59.7 Å². The van der Waals surface area contributed by atoms with Gasteiger partial charge in [-0.3, -0.25) is 10.8 Å². The molecule has 0 aliphatic heterocycles. The van der Waals surface area contributed by atoms with Crippen molar-refractivity contribution < 1.29 is 4.74 Å². The van der Waals surface area contributed by atoms with Crippen LogP contribution >= 0.6 is 12.4 Å². The first kappa shape index (κ1) is 26.2.